The van der Waals surface area contributed by atoms with Crippen molar-refractivity contribution in [2.24, 2.45) is 0 Å². The molecule has 0 heterocycles. The number of nitrogens with one attached hydrogen (secondary N) is 2. The Kier molecular flexibility index (Phi) is 8.50. The number of hydrogen-bond acceptors (Lipinski definition) is 4. The van der Waals surface area contributed by atoms with Crippen molar-refractivity contribution in [3.05, 3.63) is 0 Å². The van der Waals surface area contributed by atoms with E-state index < -0.39 is 10.0 Å². The molecule has 0 saturated heterocycles. The molecule has 1 atom stereocenters. The molecule has 6 heteroatoms. The van der Waals surface area contributed by atoms with Gasteiger partial charge in [-0.3, -0.25) is 0 Å². The van der Waals surface area contributed by atoms with Gasteiger partial charge in [0.25, 0.3) is 0 Å². The van der Waals surface area contributed by atoms with Crippen molar-refractivity contribution in [3.63, 3.8) is 0 Å². The molecule has 0 radical (unpaired) electrons. The van der Waals surface area contributed by atoms with Crippen LogP contribution in [0, 0.1) is 0 Å². The first-order valence-electron chi connectivity index (χ1n) is 5.15. The SMILES string of the molecule is CNCCCCS(=O)(=O)NC(C)CSC. The normalized spacial score (nSPS) is 14.1. The summed E-state index contributed by atoms with van der Waals surface area (Å²) in [5.74, 6) is 1.04. The van der Waals surface area contributed by atoms with Crippen molar-refractivity contribution >= 4 is 21.8 Å². The number of sulfonamides is 1. The molecule has 0 fully saturated rings. The van der Waals surface area contributed by atoms with Crippen LogP contribution in [0.3, 0.4) is 0 Å². The lowest BCUT2D eigenvalue weighted by molar-refractivity contribution is 0.566. The summed E-state index contributed by atoms with van der Waals surface area (Å²) in [4.78, 5) is 0. The highest BCUT2D eigenvalue weighted by molar-refractivity contribution is 7.98. The molecule has 0 aliphatic heterocycles. The number of unbranched alkanes of at least 4 members (excludes halogenated alkanes) is 1. The van der Waals surface area contributed by atoms with Crippen LogP contribution in [0.1, 0.15) is 19.8 Å². The summed E-state index contributed by atoms with van der Waals surface area (Å²) in [5.41, 5.74) is 0. The Labute approximate surface area is 97.6 Å². The monoisotopic (exact) mass is 254 g/mol. The van der Waals surface area contributed by atoms with Gasteiger partial charge in [-0.15, -0.1) is 0 Å². The predicted molar refractivity (Wildman–Crippen MR) is 67.9 cm³/mol. The summed E-state index contributed by atoms with van der Waals surface area (Å²) in [6.07, 6.45) is 3.58. The van der Waals surface area contributed by atoms with Gasteiger partial charge < -0.3 is 5.32 Å². The van der Waals surface area contributed by atoms with Gasteiger partial charge in [-0.05, 0) is 39.6 Å². The van der Waals surface area contributed by atoms with Crippen LogP contribution >= 0.6 is 11.8 Å². The van der Waals surface area contributed by atoms with Crippen LogP contribution in [0.25, 0.3) is 0 Å². The zero-order valence-electron chi connectivity index (χ0n) is 9.75. The van der Waals surface area contributed by atoms with Gasteiger partial charge in [-0.2, -0.15) is 11.8 Å². The van der Waals surface area contributed by atoms with Crippen molar-refractivity contribution in [1.82, 2.24) is 10.0 Å². The highest BCUT2D eigenvalue weighted by Crippen LogP contribution is 2.00. The first-order valence-corrected chi connectivity index (χ1v) is 8.20. The molecule has 0 aromatic heterocycles. The highest BCUT2D eigenvalue weighted by atomic mass is 32.2. The van der Waals surface area contributed by atoms with E-state index in [-0.39, 0.29) is 11.8 Å². The molecule has 1 unspecified atom stereocenters. The van der Waals surface area contributed by atoms with Crippen molar-refractivity contribution in [2.45, 2.75) is 25.8 Å². The smallest absolute Gasteiger partial charge is 0.211 e. The Morgan fingerprint density at radius 1 is 1.33 bits per heavy atom. The van der Waals surface area contributed by atoms with E-state index in [0.29, 0.717) is 6.42 Å². The molecule has 15 heavy (non-hydrogen) atoms. The first-order chi connectivity index (χ1) is 7.02. The van der Waals surface area contributed by atoms with Gasteiger partial charge in [0.15, 0.2) is 0 Å². The number of rotatable bonds is 9. The standard InChI is InChI=1S/C9H22N2O2S2/c1-9(8-14-3)11-15(12,13)7-5-4-6-10-2/h9-11H,4-8H2,1-3H3. The second kappa shape index (κ2) is 8.38. The van der Waals surface area contributed by atoms with Crippen LogP contribution in [-0.2, 0) is 10.0 Å². The molecule has 0 spiro atoms. The topological polar surface area (TPSA) is 58.2 Å². The summed E-state index contributed by atoms with van der Waals surface area (Å²) in [7, 11) is -1.21. The van der Waals surface area contributed by atoms with Crippen LogP contribution < -0.4 is 10.0 Å². The van der Waals surface area contributed by atoms with Crippen LogP contribution in [0.2, 0.25) is 0 Å². The number of hydrogen-bond donors (Lipinski definition) is 2. The fourth-order valence-corrected chi connectivity index (χ4v) is 3.33. The van der Waals surface area contributed by atoms with Crippen molar-refractivity contribution in [3.8, 4) is 0 Å². The molecule has 0 aliphatic rings. The van der Waals surface area contributed by atoms with Gasteiger partial charge in [0.2, 0.25) is 10.0 Å². The molecular formula is C9H22N2O2S2. The molecule has 0 aromatic rings. The quantitative estimate of drug-likeness (QED) is 0.593. The van der Waals surface area contributed by atoms with E-state index in [4.69, 9.17) is 0 Å². The molecule has 0 aliphatic carbocycles. The maximum absolute atomic E-state index is 11.5. The lowest BCUT2D eigenvalue weighted by Gasteiger charge is -2.12. The molecule has 0 bridgehead atoms. The van der Waals surface area contributed by atoms with Gasteiger partial charge in [0.05, 0.1) is 5.75 Å². The summed E-state index contributed by atoms with van der Waals surface area (Å²) in [6, 6.07) is 0.0225. The van der Waals surface area contributed by atoms with E-state index in [0.717, 1.165) is 18.7 Å². The average molecular weight is 254 g/mol. The molecule has 0 aromatic carbocycles. The maximum Gasteiger partial charge on any atom is 0.211 e. The first kappa shape index (κ1) is 15.2. The molecular weight excluding hydrogens is 232 g/mol. The molecule has 2 N–H and O–H groups in total. The Balaban J connectivity index is 3.76. The second-order valence-corrected chi connectivity index (χ2v) is 6.39. The molecule has 0 rings (SSSR count). The molecule has 0 amide bonds. The lowest BCUT2D eigenvalue weighted by Crippen LogP contribution is -2.36. The number of thioether (sulfide) groups is 1. The summed E-state index contributed by atoms with van der Waals surface area (Å²) in [5, 5.41) is 3.00. The Bertz CT molecular complexity index is 242. The van der Waals surface area contributed by atoms with Gasteiger partial charge in [0, 0.05) is 11.8 Å². The van der Waals surface area contributed by atoms with E-state index in [1.54, 1.807) is 11.8 Å². The van der Waals surface area contributed by atoms with Crippen molar-refractivity contribution < 1.29 is 8.42 Å². The van der Waals surface area contributed by atoms with Crippen molar-refractivity contribution in [2.75, 3.05) is 31.4 Å². The van der Waals surface area contributed by atoms with Gasteiger partial charge in [-0.1, -0.05) is 0 Å². The minimum Gasteiger partial charge on any atom is -0.320 e. The largest absolute Gasteiger partial charge is 0.320 e. The van der Waals surface area contributed by atoms with Crippen LogP contribution in [-0.4, -0.2) is 45.8 Å². The van der Waals surface area contributed by atoms with E-state index >= 15 is 0 Å². The van der Waals surface area contributed by atoms with Crippen molar-refractivity contribution in [1.29, 1.82) is 0 Å². The summed E-state index contributed by atoms with van der Waals surface area (Å²) >= 11 is 1.65. The summed E-state index contributed by atoms with van der Waals surface area (Å²) in [6.45, 7) is 2.76. The van der Waals surface area contributed by atoms with Gasteiger partial charge in [0.1, 0.15) is 0 Å². The Hall–Kier alpha value is 0.220. The minimum absolute atomic E-state index is 0.0225. The van der Waals surface area contributed by atoms with Gasteiger partial charge >= 0.3 is 0 Å². The maximum atomic E-state index is 11.5. The zero-order chi connectivity index (χ0) is 11.7. The van der Waals surface area contributed by atoms with E-state index in [1.807, 2.05) is 20.2 Å². The van der Waals surface area contributed by atoms with Gasteiger partial charge in [-0.25, -0.2) is 13.1 Å². The minimum atomic E-state index is -3.07. The molecule has 92 valence electrons. The third-order valence-electron chi connectivity index (χ3n) is 1.89. The third-order valence-corrected chi connectivity index (χ3v) is 4.31. The zero-order valence-corrected chi connectivity index (χ0v) is 11.4. The predicted octanol–water partition coefficient (Wildman–Crippen LogP) is 0.657. The summed E-state index contributed by atoms with van der Waals surface area (Å²) < 4.78 is 25.7. The Morgan fingerprint density at radius 2 is 2.00 bits per heavy atom. The van der Waals surface area contributed by atoms with E-state index in [1.165, 1.54) is 0 Å². The Morgan fingerprint density at radius 3 is 2.53 bits per heavy atom. The molecule has 0 saturated carbocycles. The fraction of sp³-hybridized carbons (Fsp3) is 1.00. The second-order valence-electron chi connectivity index (χ2n) is 3.60. The van der Waals surface area contributed by atoms with Crippen LogP contribution in [0.4, 0.5) is 0 Å². The average Bonchev–Trinajstić information content (AvgIpc) is 2.12. The van der Waals surface area contributed by atoms with Crippen LogP contribution in [0.15, 0.2) is 0 Å². The molecule has 4 nitrogen and oxygen atoms in total. The van der Waals surface area contributed by atoms with Crippen LogP contribution in [0.5, 0.6) is 0 Å². The lowest BCUT2D eigenvalue weighted by atomic mass is 10.3. The highest BCUT2D eigenvalue weighted by Gasteiger charge is 2.13. The van der Waals surface area contributed by atoms with E-state index in [9.17, 15) is 8.42 Å². The fourth-order valence-electron chi connectivity index (χ4n) is 1.24. The van der Waals surface area contributed by atoms with E-state index in [2.05, 4.69) is 10.0 Å². The third kappa shape index (κ3) is 9.17.